The number of amides is 2. The van der Waals surface area contributed by atoms with Crippen LogP contribution in [-0.2, 0) is 6.54 Å². The van der Waals surface area contributed by atoms with E-state index in [9.17, 15) is 4.79 Å². The molecule has 5 nitrogen and oxygen atoms in total. The van der Waals surface area contributed by atoms with E-state index in [0.29, 0.717) is 18.0 Å². The standard InChI is InChI=1S/C17H20N2O3/c1-19(12-13-6-4-8-15(10-13)21-2)17(20)18-14-7-5-9-16(11-14)22-3/h4-11H,12H2,1-3H3,(H,18,20). The number of urea groups is 1. The second-order valence-corrected chi connectivity index (χ2v) is 4.87. The van der Waals surface area contributed by atoms with E-state index in [0.717, 1.165) is 11.3 Å². The smallest absolute Gasteiger partial charge is 0.321 e. The summed E-state index contributed by atoms with van der Waals surface area (Å²) in [5.74, 6) is 1.48. The first-order chi connectivity index (χ1) is 10.6. The second-order valence-electron chi connectivity index (χ2n) is 4.87. The number of nitrogens with one attached hydrogen (secondary N) is 1. The van der Waals surface area contributed by atoms with Gasteiger partial charge in [0.2, 0.25) is 0 Å². The first-order valence-corrected chi connectivity index (χ1v) is 6.91. The van der Waals surface area contributed by atoms with Crippen LogP contribution in [0.2, 0.25) is 0 Å². The van der Waals surface area contributed by atoms with Crippen molar-refractivity contribution < 1.29 is 14.3 Å². The predicted octanol–water partition coefficient (Wildman–Crippen LogP) is 3.37. The van der Waals surface area contributed by atoms with Crippen molar-refractivity contribution in [2.45, 2.75) is 6.54 Å². The zero-order valence-electron chi connectivity index (χ0n) is 13.0. The normalized spacial score (nSPS) is 9.95. The summed E-state index contributed by atoms with van der Waals surface area (Å²) >= 11 is 0. The van der Waals surface area contributed by atoms with E-state index >= 15 is 0 Å². The number of hydrogen-bond donors (Lipinski definition) is 1. The maximum atomic E-state index is 12.2. The molecule has 2 aromatic carbocycles. The van der Waals surface area contributed by atoms with Gasteiger partial charge in [-0.05, 0) is 29.8 Å². The first kappa shape index (κ1) is 15.7. The van der Waals surface area contributed by atoms with Crippen molar-refractivity contribution in [2.75, 3.05) is 26.6 Å². The Morgan fingerprint density at radius 1 is 1.05 bits per heavy atom. The van der Waals surface area contributed by atoms with Crippen LogP contribution in [0.25, 0.3) is 0 Å². The number of benzene rings is 2. The SMILES string of the molecule is COc1cccc(CN(C)C(=O)Nc2cccc(OC)c2)c1. The van der Waals surface area contributed by atoms with Crippen LogP contribution in [0.15, 0.2) is 48.5 Å². The van der Waals surface area contributed by atoms with Crippen molar-refractivity contribution in [3.63, 3.8) is 0 Å². The summed E-state index contributed by atoms with van der Waals surface area (Å²) in [4.78, 5) is 13.8. The van der Waals surface area contributed by atoms with E-state index in [2.05, 4.69) is 5.32 Å². The molecule has 0 heterocycles. The highest BCUT2D eigenvalue weighted by molar-refractivity contribution is 5.89. The number of carbonyl (C=O) groups is 1. The van der Waals surface area contributed by atoms with Crippen LogP contribution >= 0.6 is 0 Å². The number of carbonyl (C=O) groups excluding carboxylic acids is 1. The van der Waals surface area contributed by atoms with Crippen LogP contribution in [0, 0.1) is 0 Å². The van der Waals surface area contributed by atoms with Crippen molar-refractivity contribution in [3.8, 4) is 11.5 Å². The molecule has 116 valence electrons. The average Bonchev–Trinajstić information content (AvgIpc) is 2.55. The molecule has 1 N–H and O–H groups in total. The molecular weight excluding hydrogens is 280 g/mol. The predicted molar refractivity (Wildman–Crippen MR) is 86.5 cm³/mol. The van der Waals surface area contributed by atoms with Gasteiger partial charge in [0.15, 0.2) is 0 Å². The minimum atomic E-state index is -0.184. The fourth-order valence-electron chi connectivity index (χ4n) is 2.04. The van der Waals surface area contributed by atoms with Crippen molar-refractivity contribution in [1.29, 1.82) is 0 Å². The molecule has 0 aromatic heterocycles. The molecule has 0 aliphatic rings. The van der Waals surface area contributed by atoms with Gasteiger partial charge in [-0.1, -0.05) is 18.2 Å². The molecule has 0 atom stereocenters. The van der Waals surface area contributed by atoms with Gasteiger partial charge in [-0.2, -0.15) is 0 Å². The lowest BCUT2D eigenvalue weighted by Gasteiger charge is -2.18. The Balaban J connectivity index is 1.99. The zero-order chi connectivity index (χ0) is 15.9. The summed E-state index contributed by atoms with van der Waals surface area (Å²) in [6, 6.07) is 14.7. The summed E-state index contributed by atoms with van der Waals surface area (Å²) < 4.78 is 10.3. The topological polar surface area (TPSA) is 50.8 Å². The van der Waals surface area contributed by atoms with E-state index in [1.54, 1.807) is 32.2 Å². The Morgan fingerprint density at radius 2 is 1.68 bits per heavy atom. The van der Waals surface area contributed by atoms with Gasteiger partial charge in [-0.25, -0.2) is 4.79 Å². The summed E-state index contributed by atoms with van der Waals surface area (Å²) in [7, 11) is 4.96. The van der Waals surface area contributed by atoms with Crippen molar-refractivity contribution >= 4 is 11.7 Å². The molecule has 0 spiro atoms. The number of rotatable bonds is 5. The third-order valence-corrected chi connectivity index (χ3v) is 3.22. The second kappa shape index (κ2) is 7.36. The third-order valence-electron chi connectivity index (χ3n) is 3.22. The minimum Gasteiger partial charge on any atom is -0.497 e. The van der Waals surface area contributed by atoms with Gasteiger partial charge >= 0.3 is 6.03 Å². The van der Waals surface area contributed by atoms with E-state index in [1.807, 2.05) is 42.5 Å². The molecule has 5 heteroatoms. The fourth-order valence-corrected chi connectivity index (χ4v) is 2.04. The molecule has 0 saturated heterocycles. The van der Waals surface area contributed by atoms with E-state index in [1.165, 1.54) is 0 Å². The molecule has 0 aliphatic carbocycles. The lowest BCUT2D eigenvalue weighted by atomic mass is 10.2. The number of methoxy groups -OCH3 is 2. The van der Waals surface area contributed by atoms with Gasteiger partial charge < -0.3 is 19.7 Å². The summed E-state index contributed by atoms with van der Waals surface area (Å²) in [6.07, 6.45) is 0. The first-order valence-electron chi connectivity index (χ1n) is 6.91. The Hall–Kier alpha value is -2.69. The highest BCUT2D eigenvalue weighted by Gasteiger charge is 2.10. The van der Waals surface area contributed by atoms with Crippen LogP contribution in [0.3, 0.4) is 0 Å². The molecule has 22 heavy (non-hydrogen) atoms. The molecular formula is C17H20N2O3. The quantitative estimate of drug-likeness (QED) is 0.921. The van der Waals surface area contributed by atoms with E-state index < -0.39 is 0 Å². The van der Waals surface area contributed by atoms with Gasteiger partial charge in [0.25, 0.3) is 0 Å². The summed E-state index contributed by atoms with van der Waals surface area (Å²) in [5.41, 5.74) is 1.70. The lowest BCUT2D eigenvalue weighted by molar-refractivity contribution is 0.220. The van der Waals surface area contributed by atoms with Crippen LogP contribution < -0.4 is 14.8 Å². The lowest BCUT2D eigenvalue weighted by Crippen LogP contribution is -2.30. The highest BCUT2D eigenvalue weighted by Crippen LogP contribution is 2.18. The Morgan fingerprint density at radius 3 is 2.36 bits per heavy atom. The monoisotopic (exact) mass is 300 g/mol. The van der Waals surface area contributed by atoms with Gasteiger partial charge in [-0.3, -0.25) is 0 Å². The molecule has 0 fully saturated rings. The molecule has 2 aromatic rings. The van der Waals surface area contributed by atoms with Crippen LogP contribution in [-0.4, -0.2) is 32.2 Å². The molecule has 0 aliphatic heterocycles. The van der Waals surface area contributed by atoms with Gasteiger partial charge in [0.05, 0.1) is 14.2 Å². The Labute approximate surface area is 130 Å². The van der Waals surface area contributed by atoms with Crippen LogP contribution in [0.1, 0.15) is 5.56 Å². The Bertz CT molecular complexity index is 643. The number of anilines is 1. The number of hydrogen-bond acceptors (Lipinski definition) is 3. The molecule has 0 radical (unpaired) electrons. The van der Waals surface area contributed by atoms with Gasteiger partial charge in [-0.15, -0.1) is 0 Å². The zero-order valence-corrected chi connectivity index (χ0v) is 13.0. The summed E-state index contributed by atoms with van der Waals surface area (Å²) in [6.45, 7) is 0.493. The van der Waals surface area contributed by atoms with Crippen molar-refractivity contribution in [2.24, 2.45) is 0 Å². The summed E-state index contributed by atoms with van der Waals surface area (Å²) in [5, 5.41) is 2.84. The molecule has 2 rings (SSSR count). The number of ether oxygens (including phenoxy) is 2. The fraction of sp³-hybridized carbons (Fsp3) is 0.235. The van der Waals surface area contributed by atoms with Gasteiger partial charge in [0.1, 0.15) is 11.5 Å². The van der Waals surface area contributed by atoms with Crippen molar-refractivity contribution in [1.82, 2.24) is 4.90 Å². The average molecular weight is 300 g/mol. The number of nitrogens with zero attached hydrogens (tertiary/aromatic N) is 1. The maximum absolute atomic E-state index is 12.2. The van der Waals surface area contributed by atoms with E-state index in [4.69, 9.17) is 9.47 Å². The minimum absolute atomic E-state index is 0.184. The third kappa shape index (κ3) is 4.15. The molecule has 0 saturated carbocycles. The molecule has 0 unspecified atom stereocenters. The van der Waals surface area contributed by atoms with E-state index in [-0.39, 0.29) is 6.03 Å². The highest BCUT2D eigenvalue weighted by atomic mass is 16.5. The van der Waals surface area contributed by atoms with Gasteiger partial charge in [0, 0.05) is 25.3 Å². The largest absolute Gasteiger partial charge is 0.497 e. The van der Waals surface area contributed by atoms with Crippen LogP contribution in [0.5, 0.6) is 11.5 Å². The molecule has 0 bridgehead atoms. The Kier molecular flexibility index (Phi) is 5.25. The molecule has 2 amide bonds. The van der Waals surface area contributed by atoms with Crippen LogP contribution in [0.4, 0.5) is 10.5 Å². The maximum Gasteiger partial charge on any atom is 0.321 e. The van der Waals surface area contributed by atoms with Crippen molar-refractivity contribution in [3.05, 3.63) is 54.1 Å².